The van der Waals surface area contributed by atoms with Crippen LogP contribution in [0.1, 0.15) is 23.7 Å². The second kappa shape index (κ2) is 8.19. The number of anilines is 1. The van der Waals surface area contributed by atoms with Gasteiger partial charge in [0, 0.05) is 18.4 Å². The van der Waals surface area contributed by atoms with Gasteiger partial charge in [0.05, 0.1) is 11.4 Å². The van der Waals surface area contributed by atoms with Gasteiger partial charge in [0.15, 0.2) is 5.82 Å². The van der Waals surface area contributed by atoms with Gasteiger partial charge in [-0.3, -0.25) is 4.79 Å². The molecule has 2 heterocycles. The number of rotatable bonds is 6. The summed E-state index contributed by atoms with van der Waals surface area (Å²) in [5.41, 5.74) is 2.51. The maximum Gasteiger partial charge on any atom is 0.247 e. The van der Waals surface area contributed by atoms with Crippen LogP contribution in [0.25, 0.3) is 17.1 Å². The molecule has 0 fully saturated rings. The fourth-order valence-electron chi connectivity index (χ4n) is 2.81. The number of hydrogen-bond donors (Lipinski definition) is 1. The van der Waals surface area contributed by atoms with E-state index in [-0.39, 0.29) is 24.4 Å². The Morgan fingerprint density at radius 1 is 1.10 bits per heavy atom. The van der Waals surface area contributed by atoms with Gasteiger partial charge in [-0.05, 0) is 54.6 Å². The number of halogens is 1. The van der Waals surface area contributed by atoms with Crippen molar-refractivity contribution in [3.05, 3.63) is 65.6 Å². The molecule has 9 nitrogen and oxygen atoms in total. The summed E-state index contributed by atoms with van der Waals surface area (Å²) in [6.45, 7) is 3.71. The van der Waals surface area contributed by atoms with Crippen molar-refractivity contribution >= 4 is 11.6 Å². The molecule has 152 valence electrons. The maximum absolute atomic E-state index is 14.1. The van der Waals surface area contributed by atoms with E-state index < -0.39 is 5.82 Å². The molecule has 2 aromatic heterocycles. The molecule has 30 heavy (non-hydrogen) atoms. The number of aryl methyl sites for hydroxylation is 3. The Bertz CT molecular complexity index is 1180. The number of carbonyl (C=O) groups is 1. The normalized spacial score (nSPS) is 10.9. The summed E-state index contributed by atoms with van der Waals surface area (Å²) in [7, 11) is 0. The van der Waals surface area contributed by atoms with Crippen molar-refractivity contribution in [2.24, 2.45) is 0 Å². The van der Waals surface area contributed by atoms with Gasteiger partial charge in [-0.25, -0.2) is 4.39 Å². The molecule has 0 saturated carbocycles. The molecule has 0 spiro atoms. The van der Waals surface area contributed by atoms with E-state index in [0.29, 0.717) is 23.3 Å². The Labute approximate surface area is 170 Å². The summed E-state index contributed by atoms with van der Waals surface area (Å²) in [6.07, 6.45) is 0.293. The molecule has 0 bridgehead atoms. The predicted octanol–water partition coefficient (Wildman–Crippen LogP) is 3.04. The zero-order chi connectivity index (χ0) is 21.1. The van der Waals surface area contributed by atoms with Crippen LogP contribution in [0, 0.1) is 19.7 Å². The molecule has 2 aromatic carbocycles. The number of aromatic nitrogens is 6. The van der Waals surface area contributed by atoms with E-state index in [2.05, 4.69) is 31.0 Å². The van der Waals surface area contributed by atoms with E-state index in [1.54, 1.807) is 6.92 Å². The topological polar surface area (TPSA) is 112 Å². The van der Waals surface area contributed by atoms with Crippen LogP contribution in [0.4, 0.5) is 10.1 Å². The Balaban J connectivity index is 1.40. The first-order valence-electron chi connectivity index (χ1n) is 9.24. The Morgan fingerprint density at radius 3 is 2.63 bits per heavy atom. The highest BCUT2D eigenvalue weighted by Crippen LogP contribution is 2.21. The largest absolute Gasteiger partial charge is 0.421 e. The summed E-state index contributed by atoms with van der Waals surface area (Å²) >= 11 is 0. The average molecular weight is 407 g/mol. The minimum Gasteiger partial charge on any atom is -0.421 e. The Morgan fingerprint density at radius 2 is 1.90 bits per heavy atom. The van der Waals surface area contributed by atoms with Gasteiger partial charge in [0.1, 0.15) is 5.82 Å². The first-order valence-corrected chi connectivity index (χ1v) is 9.24. The number of hydrogen-bond acceptors (Lipinski definition) is 7. The van der Waals surface area contributed by atoms with Gasteiger partial charge in [-0.1, -0.05) is 17.7 Å². The summed E-state index contributed by atoms with van der Waals surface area (Å²) in [5.74, 6) is 0.326. The first kappa shape index (κ1) is 19.4. The van der Waals surface area contributed by atoms with Crippen molar-refractivity contribution in [1.82, 2.24) is 30.4 Å². The lowest BCUT2D eigenvalue weighted by molar-refractivity contribution is -0.116. The summed E-state index contributed by atoms with van der Waals surface area (Å²) in [5, 5.41) is 21.7. The predicted molar refractivity (Wildman–Crippen MR) is 105 cm³/mol. The lowest BCUT2D eigenvalue weighted by Crippen LogP contribution is -2.14. The number of amides is 1. The first-order chi connectivity index (χ1) is 14.5. The summed E-state index contributed by atoms with van der Waals surface area (Å²) in [6, 6.07) is 11.9. The second-order valence-electron chi connectivity index (χ2n) is 6.72. The van der Waals surface area contributed by atoms with E-state index in [4.69, 9.17) is 4.42 Å². The van der Waals surface area contributed by atoms with E-state index in [1.165, 1.54) is 22.9 Å². The molecule has 10 heteroatoms. The number of tetrazole rings is 1. The smallest absolute Gasteiger partial charge is 0.247 e. The van der Waals surface area contributed by atoms with Crippen LogP contribution in [0.15, 0.2) is 46.9 Å². The van der Waals surface area contributed by atoms with E-state index in [0.717, 1.165) is 11.1 Å². The Kier molecular flexibility index (Phi) is 5.29. The van der Waals surface area contributed by atoms with Crippen LogP contribution in [-0.4, -0.2) is 36.3 Å². The Hall–Kier alpha value is -3.95. The zero-order valence-electron chi connectivity index (χ0n) is 16.3. The third kappa shape index (κ3) is 4.22. The molecule has 0 aliphatic carbocycles. The molecule has 0 aliphatic heterocycles. The van der Waals surface area contributed by atoms with Crippen LogP contribution >= 0.6 is 0 Å². The average Bonchev–Trinajstić information content (AvgIpc) is 3.38. The molecule has 0 aliphatic rings. The maximum atomic E-state index is 14.1. The van der Waals surface area contributed by atoms with E-state index in [1.807, 2.05) is 31.2 Å². The van der Waals surface area contributed by atoms with Crippen LogP contribution in [0.2, 0.25) is 0 Å². The van der Waals surface area contributed by atoms with E-state index >= 15 is 0 Å². The van der Waals surface area contributed by atoms with Crippen molar-refractivity contribution in [1.29, 1.82) is 0 Å². The number of benzene rings is 2. The second-order valence-corrected chi connectivity index (χ2v) is 6.72. The molecular formula is C20H18FN7O2. The fraction of sp³-hybridized carbons (Fsp3) is 0.200. The third-order valence-electron chi connectivity index (χ3n) is 4.43. The summed E-state index contributed by atoms with van der Waals surface area (Å²) < 4.78 is 21.2. The monoisotopic (exact) mass is 407 g/mol. The minimum atomic E-state index is -0.558. The van der Waals surface area contributed by atoms with Gasteiger partial charge >= 0.3 is 0 Å². The van der Waals surface area contributed by atoms with E-state index in [9.17, 15) is 9.18 Å². The van der Waals surface area contributed by atoms with Crippen LogP contribution in [0.5, 0.6) is 0 Å². The van der Waals surface area contributed by atoms with Gasteiger partial charge in [-0.2, -0.15) is 4.68 Å². The SMILES string of the molecule is Cc1ccc(-c2nnc(CCC(=O)Nc3cc(-n4nnnc4C)ccc3F)o2)cc1. The molecule has 0 radical (unpaired) electrons. The molecule has 1 amide bonds. The molecule has 4 aromatic rings. The minimum absolute atomic E-state index is 0.0401. The molecule has 0 atom stereocenters. The standard InChI is InChI=1S/C20H18FN7O2/c1-12-3-5-14(6-4-12)20-25-24-19(30-20)10-9-18(29)22-17-11-15(7-8-16(17)21)28-13(2)23-26-27-28/h3-8,11H,9-10H2,1-2H3,(H,22,29). The lowest BCUT2D eigenvalue weighted by atomic mass is 10.1. The summed E-state index contributed by atoms with van der Waals surface area (Å²) in [4.78, 5) is 12.3. The van der Waals surface area contributed by atoms with Crippen LogP contribution < -0.4 is 5.32 Å². The van der Waals surface area contributed by atoms with Gasteiger partial charge < -0.3 is 9.73 Å². The third-order valence-corrected chi connectivity index (χ3v) is 4.43. The lowest BCUT2D eigenvalue weighted by Gasteiger charge is -2.08. The molecule has 4 rings (SSSR count). The fourth-order valence-corrected chi connectivity index (χ4v) is 2.81. The van der Waals surface area contributed by atoms with Gasteiger partial charge in [0.25, 0.3) is 0 Å². The highest BCUT2D eigenvalue weighted by Gasteiger charge is 2.13. The zero-order valence-corrected chi connectivity index (χ0v) is 16.3. The van der Waals surface area contributed by atoms with Gasteiger partial charge in [0.2, 0.25) is 17.7 Å². The van der Waals surface area contributed by atoms with Crippen molar-refractivity contribution in [3.8, 4) is 17.1 Å². The highest BCUT2D eigenvalue weighted by atomic mass is 19.1. The van der Waals surface area contributed by atoms with Crippen molar-refractivity contribution < 1.29 is 13.6 Å². The molecule has 1 N–H and O–H groups in total. The van der Waals surface area contributed by atoms with Crippen molar-refractivity contribution in [2.75, 3.05) is 5.32 Å². The van der Waals surface area contributed by atoms with Crippen LogP contribution in [0.3, 0.4) is 0 Å². The molecular weight excluding hydrogens is 389 g/mol. The number of nitrogens with one attached hydrogen (secondary N) is 1. The van der Waals surface area contributed by atoms with Crippen LogP contribution in [-0.2, 0) is 11.2 Å². The number of nitrogens with zero attached hydrogens (tertiary/aromatic N) is 6. The van der Waals surface area contributed by atoms with Crippen molar-refractivity contribution in [3.63, 3.8) is 0 Å². The molecule has 0 unspecified atom stereocenters. The van der Waals surface area contributed by atoms with Gasteiger partial charge in [-0.15, -0.1) is 15.3 Å². The number of carbonyl (C=O) groups excluding carboxylic acids is 1. The highest BCUT2D eigenvalue weighted by molar-refractivity contribution is 5.91. The van der Waals surface area contributed by atoms with Crippen molar-refractivity contribution in [2.45, 2.75) is 26.7 Å². The molecule has 0 saturated heterocycles. The quantitative estimate of drug-likeness (QED) is 0.523.